The lowest BCUT2D eigenvalue weighted by Crippen LogP contribution is -2.09. The van der Waals surface area contributed by atoms with Gasteiger partial charge in [-0.1, -0.05) is 12.1 Å². The third-order valence-corrected chi connectivity index (χ3v) is 5.09. The number of esters is 1. The highest BCUT2D eigenvalue weighted by molar-refractivity contribution is 7.13. The van der Waals surface area contributed by atoms with Crippen LogP contribution in [0.15, 0.2) is 41.8 Å². The van der Waals surface area contributed by atoms with E-state index in [0.717, 1.165) is 10.6 Å². The third-order valence-electron chi connectivity index (χ3n) is 4.17. The van der Waals surface area contributed by atoms with Crippen molar-refractivity contribution in [1.82, 2.24) is 4.98 Å². The molecule has 0 fully saturated rings. The zero-order valence-electron chi connectivity index (χ0n) is 16.6. The molecule has 3 rings (SSSR count). The molecule has 0 spiro atoms. The van der Waals surface area contributed by atoms with E-state index >= 15 is 0 Å². The average Bonchev–Trinajstić information content (AvgIpc) is 3.24. The molecular formula is C21H21NO6S. The molecule has 2 aromatic carbocycles. The third kappa shape index (κ3) is 4.27. The Morgan fingerprint density at radius 1 is 0.897 bits per heavy atom. The number of methoxy groups -OCH3 is 4. The Balaban J connectivity index is 1.78. The average molecular weight is 415 g/mol. The van der Waals surface area contributed by atoms with Crippen LogP contribution in [-0.2, 0) is 11.3 Å². The first kappa shape index (κ1) is 20.5. The molecule has 0 atom stereocenters. The van der Waals surface area contributed by atoms with Gasteiger partial charge in [-0.15, -0.1) is 11.3 Å². The van der Waals surface area contributed by atoms with Crippen LogP contribution in [0.2, 0.25) is 0 Å². The van der Waals surface area contributed by atoms with Crippen LogP contribution in [0.25, 0.3) is 10.6 Å². The largest absolute Gasteiger partial charge is 0.496 e. The maximum atomic E-state index is 12.6. The van der Waals surface area contributed by atoms with Gasteiger partial charge in [-0.2, -0.15) is 0 Å². The van der Waals surface area contributed by atoms with Gasteiger partial charge in [-0.3, -0.25) is 0 Å². The number of carbonyl (C=O) groups is 1. The smallest absolute Gasteiger partial charge is 0.346 e. The van der Waals surface area contributed by atoms with Crippen LogP contribution in [0.4, 0.5) is 0 Å². The van der Waals surface area contributed by atoms with Crippen molar-refractivity contribution >= 4 is 17.3 Å². The Kier molecular flexibility index (Phi) is 6.56. The maximum Gasteiger partial charge on any atom is 0.346 e. The number of carbonyl (C=O) groups excluding carboxylic acids is 1. The quantitative estimate of drug-likeness (QED) is 0.510. The molecule has 0 N–H and O–H groups in total. The van der Waals surface area contributed by atoms with E-state index in [4.69, 9.17) is 23.7 Å². The molecule has 0 aliphatic heterocycles. The number of para-hydroxylation sites is 1. The van der Waals surface area contributed by atoms with Gasteiger partial charge in [0.2, 0.25) is 0 Å². The molecule has 3 aromatic rings. The van der Waals surface area contributed by atoms with Gasteiger partial charge in [0.25, 0.3) is 0 Å². The number of hydrogen-bond donors (Lipinski definition) is 0. The van der Waals surface area contributed by atoms with Gasteiger partial charge in [-0.25, -0.2) is 9.78 Å². The number of nitrogens with zero attached hydrogens (tertiary/aromatic N) is 1. The first-order chi connectivity index (χ1) is 14.1. The molecule has 0 unspecified atom stereocenters. The summed E-state index contributed by atoms with van der Waals surface area (Å²) in [4.78, 5) is 17.2. The summed E-state index contributed by atoms with van der Waals surface area (Å²) in [5.74, 6) is 1.44. The lowest BCUT2D eigenvalue weighted by molar-refractivity contribution is 0.0461. The Hall–Kier alpha value is -3.26. The van der Waals surface area contributed by atoms with Crippen molar-refractivity contribution in [2.24, 2.45) is 0 Å². The molecule has 1 heterocycles. The first-order valence-electron chi connectivity index (χ1n) is 8.66. The summed E-state index contributed by atoms with van der Waals surface area (Å²) in [6.07, 6.45) is 0. The van der Waals surface area contributed by atoms with E-state index in [0.29, 0.717) is 28.7 Å². The van der Waals surface area contributed by atoms with Crippen LogP contribution >= 0.6 is 11.3 Å². The second-order valence-corrected chi connectivity index (χ2v) is 6.66. The van der Waals surface area contributed by atoms with Gasteiger partial charge in [0.1, 0.15) is 28.7 Å². The molecule has 29 heavy (non-hydrogen) atoms. The summed E-state index contributed by atoms with van der Waals surface area (Å²) in [6.45, 7) is 0.0167. The van der Waals surface area contributed by atoms with Crippen LogP contribution in [0, 0.1) is 0 Å². The molecule has 0 saturated carbocycles. The predicted molar refractivity (Wildman–Crippen MR) is 109 cm³/mol. The van der Waals surface area contributed by atoms with Crippen LogP contribution < -0.4 is 18.9 Å². The molecule has 8 heteroatoms. The second kappa shape index (κ2) is 9.29. The molecule has 0 aliphatic rings. The number of thiazole rings is 1. The first-order valence-corrected chi connectivity index (χ1v) is 9.54. The minimum atomic E-state index is -0.548. The zero-order valence-corrected chi connectivity index (χ0v) is 17.4. The number of hydrogen-bond acceptors (Lipinski definition) is 8. The van der Waals surface area contributed by atoms with Crippen molar-refractivity contribution in [3.05, 3.63) is 53.0 Å². The summed E-state index contributed by atoms with van der Waals surface area (Å²) in [6, 6.07) is 10.7. The fraction of sp³-hybridized carbons (Fsp3) is 0.238. The van der Waals surface area contributed by atoms with Crippen molar-refractivity contribution in [2.45, 2.75) is 6.61 Å². The van der Waals surface area contributed by atoms with E-state index in [1.54, 1.807) is 32.4 Å². The Morgan fingerprint density at radius 2 is 1.52 bits per heavy atom. The topological polar surface area (TPSA) is 76.1 Å². The van der Waals surface area contributed by atoms with Gasteiger partial charge in [0.15, 0.2) is 11.5 Å². The lowest BCUT2D eigenvalue weighted by atomic mass is 10.2. The summed E-state index contributed by atoms with van der Waals surface area (Å²) in [5.41, 5.74) is 1.67. The molecule has 0 radical (unpaired) electrons. The minimum Gasteiger partial charge on any atom is -0.496 e. The van der Waals surface area contributed by atoms with Gasteiger partial charge in [0, 0.05) is 5.38 Å². The number of rotatable bonds is 8. The highest BCUT2D eigenvalue weighted by Gasteiger charge is 2.20. The van der Waals surface area contributed by atoms with Crippen LogP contribution in [-0.4, -0.2) is 39.4 Å². The number of aromatic nitrogens is 1. The minimum absolute atomic E-state index is 0.0167. The predicted octanol–water partition coefficient (Wildman–Crippen LogP) is 4.20. The standard InChI is InChI=1S/C21H21NO6S/c1-24-15-8-6-9-16(25-2)18(15)21(23)28-11-13-12-29-20(22-13)14-7-5-10-17(26-3)19(14)27-4/h5-10,12H,11H2,1-4H3. The summed E-state index contributed by atoms with van der Waals surface area (Å²) in [7, 11) is 6.14. The summed E-state index contributed by atoms with van der Waals surface area (Å²) < 4.78 is 26.7. The summed E-state index contributed by atoms with van der Waals surface area (Å²) in [5, 5.41) is 2.57. The highest BCUT2D eigenvalue weighted by atomic mass is 32.1. The molecule has 7 nitrogen and oxygen atoms in total. The van der Waals surface area contributed by atoms with E-state index in [-0.39, 0.29) is 12.2 Å². The maximum absolute atomic E-state index is 12.6. The van der Waals surface area contributed by atoms with E-state index < -0.39 is 5.97 Å². The second-order valence-electron chi connectivity index (χ2n) is 5.80. The SMILES string of the molecule is COc1cccc(-c2nc(COC(=O)c3c(OC)cccc3OC)cs2)c1OC. The van der Waals surface area contributed by atoms with Crippen LogP contribution in [0.3, 0.4) is 0 Å². The van der Waals surface area contributed by atoms with E-state index in [2.05, 4.69) is 4.98 Å². The van der Waals surface area contributed by atoms with E-state index in [1.165, 1.54) is 25.6 Å². The van der Waals surface area contributed by atoms with Crippen molar-refractivity contribution in [3.8, 4) is 33.6 Å². The lowest BCUT2D eigenvalue weighted by Gasteiger charge is -2.12. The molecule has 0 aliphatic carbocycles. The molecule has 0 amide bonds. The van der Waals surface area contributed by atoms with Crippen LogP contribution in [0.5, 0.6) is 23.0 Å². The Bertz CT molecular complexity index is 978. The molecule has 1 aromatic heterocycles. The van der Waals surface area contributed by atoms with Crippen molar-refractivity contribution in [3.63, 3.8) is 0 Å². The van der Waals surface area contributed by atoms with Crippen molar-refractivity contribution < 1.29 is 28.5 Å². The molecule has 152 valence electrons. The van der Waals surface area contributed by atoms with Gasteiger partial charge in [-0.05, 0) is 24.3 Å². The van der Waals surface area contributed by atoms with Crippen molar-refractivity contribution in [1.29, 1.82) is 0 Å². The number of benzene rings is 2. The molecular weight excluding hydrogens is 394 g/mol. The van der Waals surface area contributed by atoms with Gasteiger partial charge >= 0.3 is 5.97 Å². The monoisotopic (exact) mass is 415 g/mol. The Morgan fingerprint density at radius 3 is 2.14 bits per heavy atom. The molecule has 0 bridgehead atoms. The van der Waals surface area contributed by atoms with E-state index in [9.17, 15) is 4.79 Å². The summed E-state index contributed by atoms with van der Waals surface area (Å²) >= 11 is 1.43. The van der Waals surface area contributed by atoms with Crippen molar-refractivity contribution in [2.75, 3.05) is 28.4 Å². The zero-order chi connectivity index (χ0) is 20.8. The normalized spacial score (nSPS) is 10.3. The molecule has 0 saturated heterocycles. The highest BCUT2D eigenvalue weighted by Crippen LogP contribution is 2.39. The fourth-order valence-electron chi connectivity index (χ4n) is 2.82. The fourth-order valence-corrected chi connectivity index (χ4v) is 3.64. The van der Waals surface area contributed by atoms with Gasteiger partial charge < -0.3 is 23.7 Å². The Labute approximate surface area is 172 Å². The van der Waals surface area contributed by atoms with Crippen LogP contribution in [0.1, 0.15) is 16.1 Å². The number of ether oxygens (including phenoxy) is 5. The van der Waals surface area contributed by atoms with E-state index in [1.807, 2.05) is 23.6 Å². The van der Waals surface area contributed by atoms with Gasteiger partial charge in [0.05, 0.1) is 39.7 Å².